The molecule has 0 unspecified atom stereocenters. The predicted octanol–water partition coefficient (Wildman–Crippen LogP) is 4.39. The van der Waals surface area contributed by atoms with E-state index in [1.165, 1.54) is 27.2 Å². The number of amides is 2. The van der Waals surface area contributed by atoms with Crippen LogP contribution in [0.4, 0.5) is 5.69 Å². The van der Waals surface area contributed by atoms with Crippen LogP contribution in [0.25, 0.3) is 0 Å². The van der Waals surface area contributed by atoms with E-state index in [4.69, 9.17) is 0 Å². The molecular formula is C25H19NO2. The highest BCUT2D eigenvalue weighted by Crippen LogP contribution is 2.61. The zero-order valence-electron chi connectivity index (χ0n) is 15.5. The Bertz CT molecular complexity index is 1050. The molecule has 3 aliphatic carbocycles. The van der Waals surface area contributed by atoms with Gasteiger partial charge in [0.25, 0.3) is 0 Å². The molecule has 1 heterocycles. The molecule has 0 N–H and O–H groups in total. The third-order valence-electron chi connectivity index (χ3n) is 6.71. The molecule has 1 saturated heterocycles. The Morgan fingerprint density at radius 3 is 1.54 bits per heavy atom. The Morgan fingerprint density at radius 2 is 1.11 bits per heavy atom. The van der Waals surface area contributed by atoms with Gasteiger partial charge in [-0.2, -0.15) is 0 Å². The standard InChI is InChI=1S/C25H19NO2/c1-14-7-6-8-15(13-14)26-24(27)22-20-16-9-2-3-10-17(16)21(23(22)25(26)28)19-12-5-4-11-18(19)20/h2-13,20-23H,1H3/t20?,21?,22-,23+. The second-order valence-corrected chi connectivity index (χ2v) is 8.12. The summed E-state index contributed by atoms with van der Waals surface area (Å²) >= 11 is 0. The van der Waals surface area contributed by atoms with Crippen molar-refractivity contribution in [1.29, 1.82) is 0 Å². The van der Waals surface area contributed by atoms with Crippen LogP contribution >= 0.6 is 0 Å². The smallest absolute Gasteiger partial charge is 0.238 e. The maximum absolute atomic E-state index is 13.6. The number of carbonyl (C=O) groups excluding carboxylic acids is 2. The molecule has 3 aromatic rings. The maximum atomic E-state index is 13.6. The molecular weight excluding hydrogens is 346 g/mol. The van der Waals surface area contributed by atoms with E-state index in [1.54, 1.807) is 0 Å². The Kier molecular flexibility index (Phi) is 3.06. The Labute approximate surface area is 163 Å². The van der Waals surface area contributed by atoms with Crippen molar-refractivity contribution in [2.75, 3.05) is 4.90 Å². The molecule has 3 aromatic carbocycles. The number of aryl methyl sites for hydroxylation is 1. The van der Waals surface area contributed by atoms with Crippen LogP contribution in [0, 0.1) is 18.8 Å². The van der Waals surface area contributed by atoms with Gasteiger partial charge in [-0.05, 0) is 46.9 Å². The minimum Gasteiger partial charge on any atom is -0.274 e. The third-order valence-corrected chi connectivity index (χ3v) is 6.71. The number of rotatable bonds is 1. The van der Waals surface area contributed by atoms with Crippen LogP contribution in [0.5, 0.6) is 0 Å². The van der Waals surface area contributed by atoms with Crippen LogP contribution in [-0.4, -0.2) is 11.8 Å². The number of benzene rings is 3. The first-order valence-corrected chi connectivity index (χ1v) is 9.79. The van der Waals surface area contributed by atoms with Crippen molar-refractivity contribution in [3.63, 3.8) is 0 Å². The highest BCUT2D eigenvalue weighted by atomic mass is 16.2. The summed E-state index contributed by atoms with van der Waals surface area (Å²) in [6.07, 6.45) is 0. The SMILES string of the molecule is Cc1cccc(N2C(=O)[C@@H]3C4c5ccccc5C(c5ccccc54)[C@@H]3C2=O)c1. The largest absolute Gasteiger partial charge is 0.274 e. The number of nitrogens with zero attached hydrogens (tertiary/aromatic N) is 1. The number of imide groups is 1. The summed E-state index contributed by atoms with van der Waals surface area (Å²) < 4.78 is 0. The fraction of sp³-hybridized carbons (Fsp3) is 0.200. The number of anilines is 1. The van der Waals surface area contributed by atoms with Gasteiger partial charge in [-0.25, -0.2) is 4.90 Å². The first-order chi connectivity index (χ1) is 13.7. The van der Waals surface area contributed by atoms with Gasteiger partial charge in [-0.3, -0.25) is 9.59 Å². The van der Waals surface area contributed by atoms with Crippen molar-refractivity contribution < 1.29 is 9.59 Å². The summed E-state index contributed by atoms with van der Waals surface area (Å²) in [7, 11) is 0. The quantitative estimate of drug-likeness (QED) is 0.600. The molecule has 2 bridgehead atoms. The third kappa shape index (κ3) is 1.84. The van der Waals surface area contributed by atoms with Crippen molar-refractivity contribution >= 4 is 17.5 Å². The Hall–Kier alpha value is -3.20. The molecule has 7 rings (SSSR count). The van der Waals surface area contributed by atoms with Gasteiger partial charge in [0.15, 0.2) is 0 Å². The average molecular weight is 365 g/mol. The van der Waals surface area contributed by atoms with E-state index in [2.05, 4.69) is 24.3 Å². The molecule has 0 radical (unpaired) electrons. The minimum atomic E-state index is -0.317. The molecule has 2 amide bonds. The number of hydrogen-bond acceptors (Lipinski definition) is 2. The zero-order valence-corrected chi connectivity index (χ0v) is 15.5. The van der Waals surface area contributed by atoms with Crippen molar-refractivity contribution in [2.45, 2.75) is 18.8 Å². The molecule has 3 nitrogen and oxygen atoms in total. The van der Waals surface area contributed by atoms with Gasteiger partial charge in [0.05, 0.1) is 17.5 Å². The van der Waals surface area contributed by atoms with Crippen molar-refractivity contribution in [2.24, 2.45) is 11.8 Å². The van der Waals surface area contributed by atoms with Gasteiger partial charge < -0.3 is 0 Å². The van der Waals surface area contributed by atoms with Crippen LogP contribution in [0.2, 0.25) is 0 Å². The lowest BCUT2D eigenvalue weighted by atomic mass is 9.55. The van der Waals surface area contributed by atoms with E-state index in [9.17, 15) is 9.59 Å². The monoisotopic (exact) mass is 365 g/mol. The molecule has 0 aromatic heterocycles. The lowest BCUT2D eigenvalue weighted by molar-refractivity contribution is -0.122. The van der Waals surface area contributed by atoms with E-state index in [-0.39, 0.29) is 35.5 Å². The van der Waals surface area contributed by atoms with Gasteiger partial charge in [-0.1, -0.05) is 60.7 Å². The predicted molar refractivity (Wildman–Crippen MR) is 107 cm³/mol. The molecule has 3 heteroatoms. The lowest BCUT2D eigenvalue weighted by Gasteiger charge is -2.45. The zero-order chi connectivity index (χ0) is 19.0. The van der Waals surface area contributed by atoms with Gasteiger partial charge in [0.2, 0.25) is 11.8 Å². The highest BCUT2D eigenvalue weighted by Gasteiger charge is 2.61. The van der Waals surface area contributed by atoms with Crippen molar-refractivity contribution in [1.82, 2.24) is 0 Å². The summed E-state index contributed by atoms with van der Waals surface area (Å²) in [6.45, 7) is 1.98. The van der Waals surface area contributed by atoms with Crippen LogP contribution in [0.1, 0.15) is 39.7 Å². The lowest BCUT2D eigenvalue weighted by Crippen LogP contribution is -2.41. The summed E-state index contributed by atoms with van der Waals surface area (Å²) in [6, 6.07) is 24.4. The van der Waals surface area contributed by atoms with Crippen molar-refractivity contribution in [3.05, 3.63) is 101 Å². The van der Waals surface area contributed by atoms with Crippen LogP contribution in [0.3, 0.4) is 0 Å². The first-order valence-electron chi connectivity index (χ1n) is 9.79. The van der Waals surface area contributed by atoms with Crippen LogP contribution in [-0.2, 0) is 9.59 Å². The Morgan fingerprint density at radius 1 is 0.643 bits per heavy atom. The number of carbonyl (C=O) groups is 2. The van der Waals surface area contributed by atoms with Crippen LogP contribution < -0.4 is 4.90 Å². The van der Waals surface area contributed by atoms with E-state index < -0.39 is 0 Å². The number of hydrogen-bond donors (Lipinski definition) is 0. The molecule has 136 valence electrons. The molecule has 0 spiro atoms. The topological polar surface area (TPSA) is 37.4 Å². The Balaban J connectivity index is 1.58. The average Bonchev–Trinajstić information content (AvgIpc) is 2.99. The fourth-order valence-corrected chi connectivity index (χ4v) is 5.70. The van der Waals surface area contributed by atoms with E-state index in [0.29, 0.717) is 5.69 Å². The second-order valence-electron chi connectivity index (χ2n) is 8.12. The molecule has 1 fully saturated rings. The first kappa shape index (κ1) is 15.8. The minimum absolute atomic E-state index is 0.0475. The van der Waals surface area contributed by atoms with Gasteiger partial charge in [-0.15, -0.1) is 0 Å². The summed E-state index contributed by atoms with van der Waals surface area (Å²) in [5.41, 5.74) is 6.57. The fourth-order valence-electron chi connectivity index (χ4n) is 5.70. The van der Waals surface area contributed by atoms with E-state index in [0.717, 1.165) is 5.56 Å². The molecule has 4 aliphatic rings. The molecule has 2 atom stereocenters. The normalized spacial score (nSPS) is 26.8. The summed E-state index contributed by atoms with van der Waals surface area (Å²) in [4.78, 5) is 28.6. The molecule has 1 aliphatic heterocycles. The van der Waals surface area contributed by atoms with Gasteiger partial charge >= 0.3 is 0 Å². The van der Waals surface area contributed by atoms with Gasteiger partial charge in [0.1, 0.15) is 0 Å². The molecule has 28 heavy (non-hydrogen) atoms. The maximum Gasteiger partial charge on any atom is 0.238 e. The summed E-state index contributed by atoms with van der Waals surface area (Å²) in [5, 5.41) is 0. The van der Waals surface area contributed by atoms with E-state index in [1.807, 2.05) is 55.5 Å². The highest BCUT2D eigenvalue weighted by molar-refractivity contribution is 6.23. The summed E-state index contributed by atoms with van der Waals surface area (Å²) in [5.74, 6) is -0.841. The van der Waals surface area contributed by atoms with Gasteiger partial charge in [0, 0.05) is 11.8 Å². The van der Waals surface area contributed by atoms with E-state index >= 15 is 0 Å². The molecule has 0 saturated carbocycles. The second kappa shape index (κ2) is 5.41. The van der Waals surface area contributed by atoms with Crippen LogP contribution in [0.15, 0.2) is 72.8 Å². The van der Waals surface area contributed by atoms with Crippen molar-refractivity contribution in [3.8, 4) is 0 Å².